The van der Waals surface area contributed by atoms with Crippen LogP contribution in [0.15, 0.2) is 47.2 Å². The molecule has 2 aliphatic heterocycles. The highest BCUT2D eigenvalue weighted by molar-refractivity contribution is 7.14. The van der Waals surface area contributed by atoms with Gasteiger partial charge in [-0.3, -0.25) is 19.3 Å². The van der Waals surface area contributed by atoms with E-state index in [2.05, 4.69) is 4.98 Å². The Morgan fingerprint density at radius 1 is 1.12 bits per heavy atom. The number of hydrogen-bond donors (Lipinski definition) is 0. The van der Waals surface area contributed by atoms with Gasteiger partial charge in [0.15, 0.2) is 5.13 Å². The first kappa shape index (κ1) is 21.7. The van der Waals surface area contributed by atoms with Crippen LogP contribution in [0.5, 0.6) is 5.75 Å². The van der Waals surface area contributed by atoms with Gasteiger partial charge in [-0.2, -0.15) is 0 Å². The molecule has 1 atom stereocenters. The van der Waals surface area contributed by atoms with E-state index < -0.39 is 6.10 Å². The lowest BCUT2D eigenvalue weighted by Gasteiger charge is -2.28. The van der Waals surface area contributed by atoms with Crippen LogP contribution in [0.25, 0.3) is 0 Å². The fourth-order valence-corrected chi connectivity index (χ4v) is 5.34. The normalized spacial score (nSPS) is 17.5. The first-order chi connectivity index (χ1) is 16.1. The highest BCUT2D eigenvalue weighted by Crippen LogP contribution is 2.38. The van der Waals surface area contributed by atoms with Crippen molar-refractivity contribution in [2.75, 3.05) is 37.7 Å². The minimum Gasteiger partial charge on any atom is -0.475 e. The number of morpholine rings is 1. The second kappa shape index (κ2) is 9.42. The number of amides is 2. The average molecular weight is 484 g/mol. The molecule has 1 aromatic carbocycles. The summed E-state index contributed by atoms with van der Waals surface area (Å²) in [4.78, 5) is 47.1. The number of thiophene rings is 1. The van der Waals surface area contributed by atoms with Crippen molar-refractivity contribution in [3.05, 3.63) is 63.3 Å². The summed E-state index contributed by atoms with van der Waals surface area (Å²) in [6, 6.07) is 10.7. The number of carbonyl (C=O) groups excluding carboxylic acids is 3. The minimum absolute atomic E-state index is 0.0242. The molecule has 8 nitrogen and oxygen atoms in total. The number of carbonyl (C=O) groups is 3. The molecule has 2 aliphatic rings. The Labute approximate surface area is 198 Å². The van der Waals surface area contributed by atoms with Gasteiger partial charge in [0.25, 0.3) is 5.91 Å². The molecule has 0 spiro atoms. The number of aromatic nitrogens is 1. The predicted octanol–water partition coefficient (Wildman–Crippen LogP) is 3.42. The van der Waals surface area contributed by atoms with E-state index in [4.69, 9.17) is 9.47 Å². The smallest absolute Gasteiger partial charge is 0.270 e. The predicted molar refractivity (Wildman–Crippen MR) is 124 cm³/mol. The molecule has 10 heteroatoms. The molecule has 1 unspecified atom stereocenters. The molecule has 3 aromatic rings. The van der Waals surface area contributed by atoms with Crippen molar-refractivity contribution in [1.29, 1.82) is 0 Å². The van der Waals surface area contributed by atoms with Crippen LogP contribution in [0, 0.1) is 0 Å². The van der Waals surface area contributed by atoms with Gasteiger partial charge < -0.3 is 14.4 Å². The highest BCUT2D eigenvalue weighted by Gasteiger charge is 2.36. The summed E-state index contributed by atoms with van der Waals surface area (Å²) in [6.07, 6.45) is -0.655. The second-order valence-corrected chi connectivity index (χ2v) is 9.37. The summed E-state index contributed by atoms with van der Waals surface area (Å²) in [5.41, 5.74) is 0.986. The number of Topliss-reactive ketones (excluding diaryl/α,β-unsaturated/α-hetero) is 1. The maximum Gasteiger partial charge on any atom is 0.270 e. The monoisotopic (exact) mass is 483 g/mol. The third-order valence-electron chi connectivity index (χ3n) is 5.54. The third kappa shape index (κ3) is 4.41. The number of thiazole rings is 1. The van der Waals surface area contributed by atoms with Gasteiger partial charge in [0.1, 0.15) is 11.4 Å². The zero-order valence-electron chi connectivity index (χ0n) is 17.6. The van der Waals surface area contributed by atoms with E-state index in [9.17, 15) is 14.4 Å². The van der Waals surface area contributed by atoms with Gasteiger partial charge in [-0.05, 0) is 23.6 Å². The number of rotatable bonds is 6. The molecule has 0 saturated carbocycles. The SMILES string of the molecule is O=C1c2ccccc2OC1c1csc(N(CCC(=O)N2CCOCC2)C(=O)c2cccs2)n1. The van der Waals surface area contributed by atoms with Gasteiger partial charge in [0, 0.05) is 31.4 Å². The molecule has 0 aliphatic carbocycles. The number of ketones is 1. The van der Waals surface area contributed by atoms with Crippen LogP contribution in [0.2, 0.25) is 0 Å². The zero-order valence-corrected chi connectivity index (χ0v) is 19.3. The molecule has 170 valence electrons. The Hall–Kier alpha value is -3.08. The molecule has 2 aromatic heterocycles. The maximum atomic E-state index is 13.2. The number of fused-ring (bicyclic) bond motifs is 1. The van der Waals surface area contributed by atoms with Gasteiger partial charge in [-0.25, -0.2) is 4.98 Å². The van der Waals surface area contributed by atoms with E-state index in [0.29, 0.717) is 53.3 Å². The Morgan fingerprint density at radius 3 is 2.70 bits per heavy atom. The van der Waals surface area contributed by atoms with Crippen molar-refractivity contribution in [2.24, 2.45) is 0 Å². The van der Waals surface area contributed by atoms with Crippen LogP contribution < -0.4 is 9.64 Å². The number of hydrogen-bond acceptors (Lipinski definition) is 8. The number of ether oxygens (including phenoxy) is 2. The number of nitrogens with zero attached hydrogens (tertiary/aromatic N) is 3. The fraction of sp³-hybridized carbons (Fsp3) is 0.304. The molecule has 1 saturated heterocycles. The quantitative estimate of drug-likeness (QED) is 0.534. The van der Waals surface area contributed by atoms with Gasteiger partial charge in [-0.15, -0.1) is 22.7 Å². The van der Waals surface area contributed by atoms with E-state index in [1.807, 2.05) is 17.5 Å². The lowest BCUT2D eigenvalue weighted by molar-refractivity contribution is -0.135. The molecule has 0 N–H and O–H groups in total. The number of anilines is 1. The maximum absolute atomic E-state index is 13.2. The lowest BCUT2D eigenvalue weighted by Crippen LogP contribution is -2.42. The first-order valence-electron chi connectivity index (χ1n) is 10.6. The number of para-hydroxylation sites is 1. The topological polar surface area (TPSA) is 89.0 Å². The Bertz CT molecular complexity index is 1170. The fourth-order valence-electron chi connectivity index (χ4n) is 3.81. The molecule has 4 heterocycles. The third-order valence-corrected chi connectivity index (χ3v) is 7.27. The van der Waals surface area contributed by atoms with Crippen molar-refractivity contribution in [3.8, 4) is 5.75 Å². The van der Waals surface area contributed by atoms with E-state index in [1.54, 1.807) is 34.5 Å². The first-order valence-corrected chi connectivity index (χ1v) is 12.3. The Balaban J connectivity index is 1.36. The van der Waals surface area contributed by atoms with Crippen molar-refractivity contribution >= 4 is 45.4 Å². The van der Waals surface area contributed by atoms with Crippen LogP contribution in [0.3, 0.4) is 0 Å². The summed E-state index contributed by atoms with van der Waals surface area (Å²) in [6.45, 7) is 2.36. The second-order valence-electron chi connectivity index (χ2n) is 7.59. The minimum atomic E-state index is -0.832. The Morgan fingerprint density at radius 2 is 1.94 bits per heavy atom. The average Bonchev–Trinajstić information content (AvgIpc) is 3.61. The lowest BCUT2D eigenvalue weighted by atomic mass is 10.1. The molecular formula is C23H21N3O5S2. The van der Waals surface area contributed by atoms with Gasteiger partial charge in [0.2, 0.25) is 17.8 Å². The van der Waals surface area contributed by atoms with Crippen molar-refractivity contribution in [1.82, 2.24) is 9.88 Å². The van der Waals surface area contributed by atoms with Crippen LogP contribution >= 0.6 is 22.7 Å². The van der Waals surface area contributed by atoms with E-state index in [-0.39, 0.29) is 30.6 Å². The largest absolute Gasteiger partial charge is 0.475 e. The molecule has 2 amide bonds. The summed E-state index contributed by atoms with van der Waals surface area (Å²) in [5, 5.41) is 4.01. The van der Waals surface area contributed by atoms with Gasteiger partial charge in [0.05, 0.1) is 23.7 Å². The molecule has 0 radical (unpaired) electrons. The van der Waals surface area contributed by atoms with Gasteiger partial charge >= 0.3 is 0 Å². The molecule has 0 bridgehead atoms. The zero-order chi connectivity index (χ0) is 22.8. The van der Waals surface area contributed by atoms with Gasteiger partial charge in [-0.1, -0.05) is 18.2 Å². The van der Waals surface area contributed by atoms with E-state index >= 15 is 0 Å². The molecule has 1 fully saturated rings. The van der Waals surface area contributed by atoms with Crippen molar-refractivity contribution < 1.29 is 23.9 Å². The van der Waals surface area contributed by atoms with Crippen LogP contribution in [0.1, 0.15) is 38.2 Å². The summed E-state index contributed by atoms with van der Waals surface area (Å²) in [5.74, 6) is 0.136. The van der Waals surface area contributed by atoms with Crippen molar-refractivity contribution in [2.45, 2.75) is 12.5 Å². The van der Waals surface area contributed by atoms with Crippen LogP contribution in [0.4, 0.5) is 5.13 Å². The van der Waals surface area contributed by atoms with E-state index in [1.165, 1.54) is 27.6 Å². The summed E-state index contributed by atoms with van der Waals surface area (Å²) in [7, 11) is 0. The molecule has 5 rings (SSSR count). The summed E-state index contributed by atoms with van der Waals surface area (Å²) < 4.78 is 11.1. The summed E-state index contributed by atoms with van der Waals surface area (Å²) >= 11 is 2.60. The van der Waals surface area contributed by atoms with E-state index in [0.717, 1.165) is 0 Å². The standard InChI is InChI=1S/C23H21N3O5S2/c27-19(25-9-11-30-12-10-25)7-8-26(22(29)18-6-3-13-32-18)23-24-16(14-33-23)21-20(28)15-4-1-2-5-17(15)31-21/h1-6,13-14,21H,7-12H2. The molecule has 33 heavy (non-hydrogen) atoms. The Kier molecular flexibility index (Phi) is 6.21. The van der Waals surface area contributed by atoms with Crippen LogP contribution in [-0.4, -0.2) is 60.3 Å². The number of benzene rings is 1. The highest BCUT2D eigenvalue weighted by atomic mass is 32.1. The molecular weight excluding hydrogens is 462 g/mol. The van der Waals surface area contributed by atoms with Crippen molar-refractivity contribution in [3.63, 3.8) is 0 Å². The van der Waals surface area contributed by atoms with Crippen LogP contribution in [-0.2, 0) is 9.53 Å².